The number of carbonyl (C=O) groups is 7. The highest BCUT2D eigenvalue weighted by Crippen LogP contribution is 2.32. The van der Waals surface area contributed by atoms with Crippen molar-refractivity contribution in [2.45, 2.75) is 117 Å². The molecular formula is C50H71N7O8. The highest BCUT2D eigenvalue weighted by molar-refractivity contribution is 5.97. The number of hydrogen-bond acceptors (Lipinski definition) is 9. The third-order valence-electron chi connectivity index (χ3n) is 12.9. The number of Topliss-reactive ketones (excluding diaryl/α,β-unsaturated/α-hetero) is 4. The molecule has 3 aromatic rings. The van der Waals surface area contributed by atoms with E-state index in [9.17, 15) is 33.6 Å². The van der Waals surface area contributed by atoms with E-state index in [0.29, 0.717) is 70.9 Å². The Morgan fingerprint density at radius 3 is 2.14 bits per heavy atom. The van der Waals surface area contributed by atoms with Gasteiger partial charge in [0.25, 0.3) is 0 Å². The number of hydrogen-bond donors (Lipinski definition) is 6. The summed E-state index contributed by atoms with van der Waals surface area (Å²) in [4.78, 5) is 105. The van der Waals surface area contributed by atoms with Crippen LogP contribution >= 0.6 is 0 Å². The van der Waals surface area contributed by atoms with Gasteiger partial charge in [0, 0.05) is 85.5 Å². The number of rotatable bonds is 30. The molecule has 1 fully saturated rings. The maximum Gasteiger partial charge on any atom is 0.322 e. The van der Waals surface area contributed by atoms with Crippen LogP contribution in [-0.2, 0) is 46.4 Å². The molecule has 6 unspecified atom stereocenters. The number of unbranched alkanes of at least 4 members (excludes halogenated alkanes) is 1. The lowest BCUT2D eigenvalue weighted by atomic mass is 9.79. The van der Waals surface area contributed by atoms with E-state index >= 15 is 0 Å². The number of carbonyl (C=O) groups excluding carboxylic acids is 6. The number of para-hydroxylation sites is 1. The summed E-state index contributed by atoms with van der Waals surface area (Å²) in [5.41, 5.74) is 19.8. The average molecular weight is 898 g/mol. The van der Waals surface area contributed by atoms with Gasteiger partial charge in [-0.05, 0) is 87.4 Å². The van der Waals surface area contributed by atoms with Crippen molar-refractivity contribution in [3.63, 3.8) is 0 Å². The van der Waals surface area contributed by atoms with Crippen LogP contribution in [0.3, 0.4) is 0 Å². The van der Waals surface area contributed by atoms with Crippen LogP contribution in [0.1, 0.15) is 109 Å². The summed E-state index contributed by atoms with van der Waals surface area (Å²) >= 11 is 0. The summed E-state index contributed by atoms with van der Waals surface area (Å²) < 4.78 is 0. The zero-order chi connectivity index (χ0) is 47.5. The molecule has 0 radical (unpaired) electrons. The van der Waals surface area contributed by atoms with Gasteiger partial charge in [0.1, 0.15) is 23.9 Å². The number of ketones is 4. The number of H-pyrrole nitrogens is 1. The molecule has 0 aliphatic carbocycles. The number of nitrogens with two attached hydrogens (primary N) is 3. The predicted octanol–water partition coefficient (Wildman–Crippen LogP) is 5.31. The van der Waals surface area contributed by atoms with Gasteiger partial charge in [-0.1, -0.05) is 75.7 Å². The number of likely N-dealkylation sites (tertiary alicyclic amines) is 1. The number of aliphatic imine (C=N–C) groups is 1. The Morgan fingerprint density at radius 1 is 0.815 bits per heavy atom. The van der Waals surface area contributed by atoms with Gasteiger partial charge in [0.2, 0.25) is 11.8 Å². The largest absolute Gasteiger partial charge is 0.480 e. The minimum atomic E-state index is -1.20. The van der Waals surface area contributed by atoms with Crippen LogP contribution in [0.25, 0.3) is 10.9 Å². The molecule has 2 heterocycles. The fourth-order valence-corrected chi connectivity index (χ4v) is 9.13. The number of guanidine groups is 1. The molecule has 0 spiro atoms. The Hall–Kier alpha value is -5.70. The average Bonchev–Trinajstić information content (AvgIpc) is 3.95. The zero-order valence-corrected chi connectivity index (χ0v) is 38.5. The lowest BCUT2D eigenvalue weighted by molar-refractivity contribution is -0.144. The number of fused-ring (bicyclic) bond motifs is 1. The van der Waals surface area contributed by atoms with Gasteiger partial charge in [0.15, 0.2) is 11.7 Å². The van der Waals surface area contributed by atoms with Crippen LogP contribution in [0.15, 0.2) is 65.8 Å². The van der Waals surface area contributed by atoms with Gasteiger partial charge in [-0.3, -0.25) is 38.6 Å². The number of amides is 2. The maximum absolute atomic E-state index is 14.8. The number of carboxylic acids is 1. The molecule has 354 valence electrons. The van der Waals surface area contributed by atoms with Crippen molar-refractivity contribution in [1.82, 2.24) is 15.2 Å². The summed E-state index contributed by atoms with van der Waals surface area (Å²) in [6.07, 6.45) is 6.10. The van der Waals surface area contributed by atoms with Crippen molar-refractivity contribution < 1.29 is 38.7 Å². The van der Waals surface area contributed by atoms with Gasteiger partial charge in [-0.25, -0.2) is 0 Å². The Morgan fingerprint density at radius 2 is 1.46 bits per heavy atom. The summed E-state index contributed by atoms with van der Waals surface area (Å²) in [6, 6.07) is 16.7. The molecule has 15 nitrogen and oxygen atoms in total. The highest BCUT2D eigenvalue weighted by Gasteiger charge is 2.40. The first kappa shape index (κ1) is 51.9. The van der Waals surface area contributed by atoms with Crippen molar-refractivity contribution >= 4 is 57.8 Å². The van der Waals surface area contributed by atoms with Crippen LogP contribution in [-0.4, -0.2) is 94.1 Å². The van der Waals surface area contributed by atoms with E-state index < -0.39 is 48.1 Å². The molecule has 0 bridgehead atoms. The normalized spacial score (nSPS) is 16.1. The first-order valence-corrected chi connectivity index (χ1v) is 23.4. The molecular weight excluding hydrogens is 827 g/mol. The quantitative estimate of drug-likeness (QED) is 0.0284. The van der Waals surface area contributed by atoms with E-state index in [-0.39, 0.29) is 85.5 Å². The van der Waals surface area contributed by atoms with Gasteiger partial charge in [0.05, 0.1) is 6.04 Å². The lowest BCUT2D eigenvalue weighted by Gasteiger charge is -2.30. The van der Waals surface area contributed by atoms with Crippen molar-refractivity contribution in [1.29, 1.82) is 0 Å². The van der Waals surface area contributed by atoms with Crippen molar-refractivity contribution in [2.75, 3.05) is 26.2 Å². The molecule has 9 N–H and O–H groups in total. The third-order valence-corrected chi connectivity index (χ3v) is 12.9. The summed E-state index contributed by atoms with van der Waals surface area (Å²) in [5.74, 6) is -6.53. The summed E-state index contributed by atoms with van der Waals surface area (Å²) in [7, 11) is 0. The van der Waals surface area contributed by atoms with E-state index in [2.05, 4.69) is 15.3 Å². The van der Waals surface area contributed by atoms with E-state index in [1.54, 1.807) is 18.7 Å². The van der Waals surface area contributed by atoms with Crippen LogP contribution in [0.2, 0.25) is 0 Å². The molecule has 6 atom stereocenters. The fraction of sp³-hybridized carbons (Fsp3) is 0.560. The molecule has 1 aromatic heterocycles. The second-order valence-electron chi connectivity index (χ2n) is 18.0. The number of nitrogens with zero attached hydrogens (tertiary/aromatic N) is 2. The van der Waals surface area contributed by atoms with Gasteiger partial charge in [-0.2, -0.15) is 0 Å². The third kappa shape index (κ3) is 16.1. The predicted molar refractivity (Wildman–Crippen MR) is 251 cm³/mol. The molecule has 65 heavy (non-hydrogen) atoms. The van der Waals surface area contributed by atoms with E-state index in [1.165, 1.54) is 0 Å². The number of nitrogens with one attached hydrogen (secondary N) is 2. The zero-order valence-electron chi connectivity index (χ0n) is 38.5. The Bertz CT molecular complexity index is 2100. The SMILES string of the molecule is CCC(Cc1ccccc1)C(=O)CC(CCCN=C(N)N)C(=O)CC(Cc1c[nH]c2ccccc12)C(=O)CC(CCCCN)C(=O)N1CCCC1C(=O)CC(C(=O)NCC(=O)O)C(C)C. The minimum Gasteiger partial charge on any atom is -0.480 e. The second-order valence-corrected chi connectivity index (χ2v) is 18.0. The molecule has 4 rings (SSSR count). The van der Waals surface area contributed by atoms with Crippen molar-refractivity contribution in [2.24, 2.45) is 57.7 Å². The smallest absolute Gasteiger partial charge is 0.322 e. The van der Waals surface area contributed by atoms with Gasteiger partial charge < -0.3 is 37.5 Å². The maximum atomic E-state index is 14.8. The standard InChI is InChI=1S/C50H71N7O8/c1-4-34(24-33-14-6-5-7-15-33)43(58)26-35(17-12-22-54-50(52)53)44(59)28-37(25-38-30-55-41-19-9-8-18-39(38)41)45(60)27-36(16-10-11-21-51)49(65)57-23-13-20-42(57)46(61)29-40(32(2)3)48(64)56-31-47(62)63/h5-9,14-15,18-19,30,32,34-37,40,42,55H,4,10-13,16-17,20-29,31,51H2,1-3H3,(H,56,64)(H,62,63)(H4,52,53,54). The number of benzene rings is 2. The molecule has 15 heteroatoms. The summed E-state index contributed by atoms with van der Waals surface area (Å²) in [6.45, 7) is 5.95. The van der Waals surface area contributed by atoms with E-state index in [4.69, 9.17) is 22.3 Å². The number of aromatic amines is 1. The topological polar surface area (TPSA) is 261 Å². The Balaban J connectivity index is 1.61. The van der Waals surface area contributed by atoms with Crippen molar-refractivity contribution in [3.05, 3.63) is 71.9 Å². The minimum absolute atomic E-state index is 0.0167. The Kier molecular flexibility index (Phi) is 21.0. The molecule has 1 aliphatic rings. The van der Waals surface area contributed by atoms with Gasteiger partial charge in [-0.15, -0.1) is 0 Å². The molecule has 2 aromatic carbocycles. The fourth-order valence-electron chi connectivity index (χ4n) is 9.13. The highest BCUT2D eigenvalue weighted by atomic mass is 16.4. The number of carboxylic acid groups (broad SMARTS) is 1. The van der Waals surface area contributed by atoms with Crippen LogP contribution in [0.5, 0.6) is 0 Å². The Labute approximate surface area is 383 Å². The lowest BCUT2D eigenvalue weighted by Crippen LogP contribution is -2.46. The van der Waals surface area contributed by atoms with E-state index in [0.717, 1.165) is 22.0 Å². The van der Waals surface area contributed by atoms with Gasteiger partial charge >= 0.3 is 5.97 Å². The first-order chi connectivity index (χ1) is 31.1. The van der Waals surface area contributed by atoms with Crippen LogP contribution < -0.4 is 22.5 Å². The second kappa shape index (κ2) is 26.3. The van der Waals surface area contributed by atoms with Crippen molar-refractivity contribution in [3.8, 4) is 0 Å². The van der Waals surface area contributed by atoms with E-state index in [1.807, 2.05) is 67.7 Å². The number of aromatic nitrogens is 1. The molecule has 0 saturated carbocycles. The van der Waals surface area contributed by atoms with Crippen LogP contribution in [0.4, 0.5) is 0 Å². The molecule has 2 amide bonds. The molecule has 1 aliphatic heterocycles. The first-order valence-electron chi connectivity index (χ1n) is 23.4. The number of aliphatic carboxylic acids is 1. The van der Waals surface area contributed by atoms with Crippen LogP contribution in [0, 0.1) is 35.5 Å². The molecule has 1 saturated heterocycles. The monoisotopic (exact) mass is 898 g/mol. The summed E-state index contributed by atoms with van der Waals surface area (Å²) in [5, 5.41) is 12.4.